The Morgan fingerprint density at radius 3 is 2.88 bits per heavy atom. The molecule has 0 radical (unpaired) electrons. The van der Waals surface area contributed by atoms with Crippen LogP contribution < -0.4 is 10.7 Å². The van der Waals surface area contributed by atoms with Crippen molar-refractivity contribution in [2.75, 3.05) is 0 Å². The van der Waals surface area contributed by atoms with Crippen molar-refractivity contribution >= 4 is 5.91 Å². The highest BCUT2D eigenvalue weighted by Gasteiger charge is 2.25. The number of amides is 1. The number of carbonyl (C=O) groups excluding carboxylic acids is 1. The van der Waals surface area contributed by atoms with Gasteiger partial charge in [-0.25, -0.2) is 0 Å². The largest absolute Gasteiger partial charge is 0.391 e. The molecule has 1 heterocycles. The normalized spacial score (nSPS) is 24.3. The van der Waals surface area contributed by atoms with Gasteiger partial charge in [0, 0.05) is 18.5 Å². The first-order chi connectivity index (χ1) is 8.18. The number of rotatable bonds is 2. The lowest BCUT2D eigenvalue weighted by molar-refractivity contribution is 0.0716. The van der Waals surface area contributed by atoms with Gasteiger partial charge in [0.15, 0.2) is 5.43 Å². The van der Waals surface area contributed by atoms with E-state index in [-0.39, 0.29) is 17.0 Å². The van der Waals surface area contributed by atoms with Gasteiger partial charge >= 0.3 is 0 Å². The summed E-state index contributed by atoms with van der Waals surface area (Å²) in [5.74, 6) is -0.419. The number of pyridine rings is 1. The molecule has 0 spiro atoms. The zero-order valence-electron chi connectivity index (χ0n) is 9.48. The number of nitrogens with one attached hydrogen (secondary N) is 2. The standard InChI is InChI=1S/C12H16N2O3/c15-10-5-6-13-7-8(10)12(17)14-9-3-1-2-4-11(9)16/h5-7,9,11,16H,1-4H2,(H,13,15)(H,14,17). The maximum Gasteiger partial charge on any atom is 0.257 e. The van der Waals surface area contributed by atoms with Crippen molar-refractivity contribution in [3.05, 3.63) is 34.2 Å². The van der Waals surface area contributed by atoms with Crippen molar-refractivity contribution in [3.8, 4) is 0 Å². The second kappa shape index (κ2) is 5.14. The van der Waals surface area contributed by atoms with Crippen LogP contribution in [0.15, 0.2) is 23.3 Å². The van der Waals surface area contributed by atoms with E-state index in [0.29, 0.717) is 6.42 Å². The summed E-state index contributed by atoms with van der Waals surface area (Å²) >= 11 is 0. The lowest BCUT2D eigenvalue weighted by Gasteiger charge is -2.28. The van der Waals surface area contributed by atoms with Crippen molar-refractivity contribution in [1.82, 2.24) is 10.3 Å². The van der Waals surface area contributed by atoms with Crippen LogP contribution in [-0.2, 0) is 0 Å². The molecule has 3 N–H and O–H groups in total. The zero-order valence-corrected chi connectivity index (χ0v) is 9.48. The highest BCUT2D eigenvalue weighted by Crippen LogP contribution is 2.18. The van der Waals surface area contributed by atoms with E-state index < -0.39 is 12.0 Å². The van der Waals surface area contributed by atoms with Crippen molar-refractivity contribution in [1.29, 1.82) is 0 Å². The van der Waals surface area contributed by atoms with Gasteiger partial charge in [-0.2, -0.15) is 0 Å². The van der Waals surface area contributed by atoms with E-state index in [1.807, 2.05) is 0 Å². The molecular weight excluding hydrogens is 220 g/mol. The smallest absolute Gasteiger partial charge is 0.257 e. The molecule has 2 atom stereocenters. The Morgan fingerprint density at radius 2 is 2.18 bits per heavy atom. The second-order valence-corrected chi connectivity index (χ2v) is 4.35. The van der Waals surface area contributed by atoms with Crippen LogP contribution in [0.5, 0.6) is 0 Å². The summed E-state index contributed by atoms with van der Waals surface area (Å²) in [7, 11) is 0. The topological polar surface area (TPSA) is 82.2 Å². The van der Waals surface area contributed by atoms with Gasteiger partial charge in [0.2, 0.25) is 0 Å². The molecule has 0 aliphatic heterocycles. The van der Waals surface area contributed by atoms with E-state index in [0.717, 1.165) is 19.3 Å². The Labute approximate surface area is 98.9 Å². The van der Waals surface area contributed by atoms with Crippen LogP contribution in [0.25, 0.3) is 0 Å². The molecule has 1 aromatic heterocycles. The van der Waals surface area contributed by atoms with Crippen LogP contribution in [0.4, 0.5) is 0 Å². The van der Waals surface area contributed by atoms with Crippen LogP contribution in [0.3, 0.4) is 0 Å². The summed E-state index contributed by atoms with van der Waals surface area (Å²) in [5, 5.41) is 12.5. The summed E-state index contributed by atoms with van der Waals surface area (Å²) in [4.78, 5) is 26.0. The molecule has 5 heteroatoms. The molecule has 1 aliphatic rings. The van der Waals surface area contributed by atoms with Crippen molar-refractivity contribution in [2.24, 2.45) is 0 Å². The summed E-state index contributed by atoms with van der Waals surface area (Å²) in [6.45, 7) is 0. The van der Waals surface area contributed by atoms with Gasteiger partial charge in [0.1, 0.15) is 5.56 Å². The van der Waals surface area contributed by atoms with Crippen LogP contribution >= 0.6 is 0 Å². The average Bonchev–Trinajstić information content (AvgIpc) is 2.32. The number of H-pyrrole nitrogens is 1. The zero-order chi connectivity index (χ0) is 12.3. The molecule has 0 aromatic carbocycles. The molecule has 1 saturated carbocycles. The second-order valence-electron chi connectivity index (χ2n) is 4.35. The fourth-order valence-electron chi connectivity index (χ4n) is 2.12. The van der Waals surface area contributed by atoms with Crippen LogP contribution in [0, 0.1) is 0 Å². The molecule has 0 saturated heterocycles. The maximum atomic E-state index is 11.8. The van der Waals surface area contributed by atoms with Crippen LogP contribution in [-0.4, -0.2) is 28.1 Å². The SMILES string of the molecule is O=C(NC1CCCCC1O)c1c[nH]ccc1=O. The fraction of sp³-hybridized carbons (Fsp3) is 0.500. The summed E-state index contributed by atoms with van der Waals surface area (Å²) in [6.07, 6.45) is 5.80. The molecule has 1 fully saturated rings. The Kier molecular flexibility index (Phi) is 3.58. The number of hydrogen-bond donors (Lipinski definition) is 3. The number of aromatic nitrogens is 1. The molecule has 92 valence electrons. The minimum atomic E-state index is -0.504. The van der Waals surface area contributed by atoms with Crippen LogP contribution in [0.2, 0.25) is 0 Å². The summed E-state index contributed by atoms with van der Waals surface area (Å²) in [6, 6.07) is 1.07. The summed E-state index contributed by atoms with van der Waals surface area (Å²) < 4.78 is 0. The Morgan fingerprint density at radius 1 is 1.41 bits per heavy atom. The lowest BCUT2D eigenvalue weighted by Crippen LogP contribution is -2.46. The average molecular weight is 236 g/mol. The third kappa shape index (κ3) is 2.74. The first-order valence-electron chi connectivity index (χ1n) is 5.84. The van der Waals surface area contributed by atoms with E-state index in [1.165, 1.54) is 18.5 Å². The third-order valence-electron chi connectivity index (χ3n) is 3.11. The number of hydrogen-bond acceptors (Lipinski definition) is 3. The Bertz CT molecular complexity index is 455. The highest BCUT2D eigenvalue weighted by molar-refractivity contribution is 5.93. The van der Waals surface area contributed by atoms with Crippen molar-refractivity contribution in [3.63, 3.8) is 0 Å². The molecule has 0 bridgehead atoms. The fourth-order valence-corrected chi connectivity index (χ4v) is 2.12. The Balaban J connectivity index is 2.06. The lowest BCUT2D eigenvalue weighted by atomic mass is 9.92. The molecule has 2 unspecified atom stereocenters. The van der Waals surface area contributed by atoms with E-state index in [2.05, 4.69) is 10.3 Å². The van der Waals surface area contributed by atoms with Gasteiger partial charge in [-0.15, -0.1) is 0 Å². The van der Waals surface area contributed by atoms with Crippen molar-refractivity contribution < 1.29 is 9.90 Å². The molecular formula is C12H16N2O3. The van der Waals surface area contributed by atoms with Gasteiger partial charge in [-0.1, -0.05) is 12.8 Å². The van der Waals surface area contributed by atoms with E-state index in [4.69, 9.17) is 0 Å². The molecule has 1 amide bonds. The predicted octanol–water partition coefficient (Wildman–Crippen LogP) is 0.408. The first-order valence-corrected chi connectivity index (χ1v) is 5.84. The van der Waals surface area contributed by atoms with Crippen LogP contribution in [0.1, 0.15) is 36.0 Å². The molecule has 2 rings (SSSR count). The predicted molar refractivity (Wildman–Crippen MR) is 62.8 cm³/mol. The Hall–Kier alpha value is -1.62. The van der Waals surface area contributed by atoms with Gasteiger partial charge in [0.25, 0.3) is 5.91 Å². The van der Waals surface area contributed by atoms with E-state index >= 15 is 0 Å². The van der Waals surface area contributed by atoms with Gasteiger partial charge in [-0.05, 0) is 12.8 Å². The number of aliphatic hydroxyl groups is 1. The minimum Gasteiger partial charge on any atom is -0.391 e. The molecule has 5 nitrogen and oxygen atoms in total. The maximum absolute atomic E-state index is 11.8. The summed E-state index contributed by atoms with van der Waals surface area (Å²) in [5.41, 5.74) is -0.225. The molecule has 1 aromatic rings. The van der Waals surface area contributed by atoms with Gasteiger partial charge < -0.3 is 15.4 Å². The number of aromatic amines is 1. The highest BCUT2D eigenvalue weighted by atomic mass is 16.3. The minimum absolute atomic E-state index is 0.0882. The quantitative estimate of drug-likeness (QED) is 0.695. The monoisotopic (exact) mass is 236 g/mol. The third-order valence-corrected chi connectivity index (χ3v) is 3.11. The van der Waals surface area contributed by atoms with E-state index in [1.54, 1.807) is 0 Å². The molecule has 1 aliphatic carbocycles. The first kappa shape index (κ1) is 11.9. The number of carbonyl (C=O) groups is 1. The van der Waals surface area contributed by atoms with Gasteiger partial charge in [0.05, 0.1) is 12.1 Å². The van der Waals surface area contributed by atoms with E-state index in [9.17, 15) is 14.7 Å². The molecule has 17 heavy (non-hydrogen) atoms. The number of aliphatic hydroxyl groups excluding tert-OH is 1. The van der Waals surface area contributed by atoms with Gasteiger partial charge in [-0.3, -0.25) is 9.59 Å². The van der Waals surface area contributed by atoms with Crippen molar-refractivity contribution in [2.45, 2.75) is 37.8 Å².